The lowest BCUT2D eigenvalue weighted by molar-refractivity contribution is -0.137. The van der Waals surface area contributed by atoms with Gasteiger partial charge in [0.05, 0.1) is 11.0 Å². The summed E-state index contributed by atoms with van der Waals surface area (Å²) in [5.41, 5.74) is 3.63. The molecule has 8 nitrogen and oxygen atoms in total. The lowest BCUT2D eigenvalue weighted by atomic mass is 9.83. The van der Waals surface area contributed by atoms with E-state index in [1.165, 1.54) is 12.1 Å². The Morgan fingerprint density at radius 3 is 2.38 bits per heavy atom. The van der Waals surface area contributed by atoms with E-state index >= 15 is 0 Å². The summed E-state index contributed by atoms with van der Waals surface area (Å²) in [6, 6.07) is 12.8. The third-order valence-electron chi connectivity index (χ3n) is 8.33. The zero-order valence-corrected chi connectivity index (χ0v) is 28.1. The van der Waals surface area contributed by atoms with Gasteiger partial charge in [-0.05, 0) is 67.8 Å². The minimum atomic E-state index is -4.62. The Morgan fingerprint density at radius 1 is 1.04 bits per heavy atom. The summed E-state index contributed by atoms with van der Waals surface area (Å²) >= 11 is 0. The lowest BCUT2D eigenvalue weighted by Crippen LogP contribution is -2.29. The van der Waals surface area contributed by atoms with Gasteiger partial charge in [-0.3, -0.25) is 4.79 Å². The van der Waals surface area contributed by atoms with Gasteiger partial charge in [-0.15, -0.1) is 0 Å². The highest BCUT2D eigenvalue weighted by Crippen LogP contribution is 2.48. The molecule has 3 aliphatic rings. The molecule has 1 aromatic carbocycles. The molecule has 0 amide bonds. The van der Waals surface area contributed by atoms with E-state index in [4.69, 9.17) is 4.42 Å². The number of aliphatic carboxylic acids is 1. The number of anilines is 1. The summed E-state index contributed by atoms with van der Waals surface area (Å²) in [5.74, 6) is 0.844. The second-order valence-electron chi connectivity index (χ2n) is 12.9. The summed E-state index contributed by atoms with van der Waals surface area (Å²) in [6.07, 6.45) is 10.3. The second kappa shape index (κ2) is 13.2. The van der Waals surface area contributed by atoms with Crippen molar-refractivity contribution in [3.8, 4) is 11.3 Å². The molecule has 2 heterocycles. The third-order valence-corrected chi connectivity index (χ3v) is 9.16. The highest BCUT2D eigenvalue weighted by Gasteiger charge is 2.40. The van der Waals surface area contributed by atoms with E-state index in [-0.39, 0.29) is 16.7 Å². The van der Waals surface area contributed by atoms with Crippen LogP contribution in [0.4, 0.5) is 5.69 Å². The van der Waals surface area contributed by atoms with Gasteiger partial charge in [0.2, 0.25) is 5.36 Å². The number of carboxylic acid groups (broad SMARTS) is 1. The maximum Gasteiger partial charge on any atom is 0.303 e. The molecule has 0 spiro atoms. The number of benzene rings is 2. The van der Waals surface area contributed by atoms with Crippen molar-refractivity contribution < 1.29 is 27.3 Å². The first-order valence-electron chi connectivity index (χ1n) is 15.4. The van der Waals surface area contributed by atoms with E-state index in [9.17, 15) is 22.9 Å². The Labute approximate surface area is 266 Å². The zero-order chi connectivity index (χ0) is 33.2. The molecule has 4 rings (SSSR count). The third kappa shape index (κ3) is 7.48. The topological polar surface area (TPSA) is 114 Å². The Hall–Kier alpha value is -3.95. The van der Waals surface area contributed by atoms with Crippen molar-refractivity contribution in [2.24, 2.45) is 0 Å². The fraction of sp³-hybridized carbons (Fsp3) is 0.389. The van der Waals surface area contributed by atoms with Crippen LogP contribution in [0.1, 0.15) is 78.2 Å². The average Bonchev–Trinajstić information content (AvgIpc) is 3.17. The van der Waals surface area contributed by atoms with Crippen molar-refractivity contribution in [1.29, 1.82) is 0 Å². The van der Waals surface area contributed by atoms with Gasteiger partial charge < -0.3 is 19.0 Å². The summed E-state index contributed by atoms with van der Waals surface area (Å²) in [4.78, 5) is 13.0. The predicted octanol–water partition coefficient (Wildman–Crippen LogP) is 6.51. The molecule has 2 aliphatic heterocycles. The first-order valence-corrected chi connectivity index (χ1v) is 16.8. The standard InChI is InChI=1S/C36H44N2O6S/c1-8-37(9-2)26-17-19-28-25(22-33(35(3,4)5)44-31(28)23-26)14-11-10-12-15-32-36(6,7)29-24-27(45(41,42)43)18-20-30(29)38(32)21-13-16-34(39)40/h10-12,14-15,17-20,22-24H,8-9,13,16,21H2,1-7H3,(H-,39,40,41,42,43). The Bertz CT molecular complexity index is 1810. The number of nitrogens with zero attached hydrogens (tertiary/aromatic N) is 2. The van der Waals surface area contributed by atoms with Gasteiger partial charge in [-0.1, -0.05) is 58.9 Å². The zero-order valence-electron chi connectivity index (χ0n) is 27.3. The molecular formula is C36H44N2O6S. The van der Waals surface area contributed by atoms with Crippen LogP contribution in [0.2, 0.25) is 0 Å². The van der Waals surface area contributed by atoms with Crippen molar-refractivity contribution in [3.63, 3.8) is 0 Å². The predicted molar refractivity (Wildman–Crippen MR) is 178 cm³/mol. The molecule has 1 N–H and O–H groups in total. The van der Waals surface area contributed by atoms with Crippen LogP contribution >= 0.6 is 0 Å². The van der Waals surface area contributed by atoms with Crippen LogP contribution in [0.5, 0.6) is 0 Å². The van der Waals surface area contributed by atoms with Crippen LogP contribution in [0.25, 0.3) is 17.4 Å². The molecule has 9 heteroatoms. The van der Waals surface area contributed by atoms with Gasteiger partial charge >= 0.3 is 5.97 Å². The molecule has 0 fully saturated rings. The minimum Gasteiger partial charge on any atom is -0.744 e. The Kier molecular flexibility index (Phi) is 9.94. The molecule has 240 valence electrons. The smallest absolute Gasteiger partial charge is 0.303 e. The molecule has 0 unspecified atom stereocenters. The lowest BCUT2D eigenvalue weighted by Gasteiger charge is -2.26. The molecular weight excluding hydrogens is 588 g/mol. The summed E-state index contributed by atoms with van der Waals surface area (Å²) in [7, 11) is -4.62. The van der Waals surface area contributed by atoms with E-state index in [1.54, 1.807) is 6.07 Å². The van der Waals surface area contributed by atoms with Gasteiger partial charge in [0.25, 0.3) is 0 Å². The first-order chi connectivity index (χ1) is 21.1. The number of allylic oxidation sites excluding steroid dienone is 5. The normalized spacial score (nSPS) is 15.9. The molecule has 0 atom stereocenters. The van der Waals surface area contributed by atoms with E-state index in [1.807, 2.05) is 43.1 Å². The van der Waals surface area contributed by atoms with Crippen molar-refractivity contribution in [3.05, 3.63) is 94.7 Å². The number of hydrogen-bond donors (Lipinski definition) is 1. The molecule has 0 radical (unpaired) electrons. The van der Waals surface area contributed by atoms with Crippen molar-refractivity contribution in [2.75, 3.05) is 24.5 Å². The maximum absolute atomic E-state index is 11.8. The average molecular weight is 633 g/mol. The largest absolute Gasteiger partial charge is 0.744 e. The summed E-state index contributed by atoms with van der Waals surface area (Å²) in [6.45, 7) is 16.9. The van der Waals surface area contributed by atoms with Crippen LogP contribution in [-0.2, 0) is 25.7 Å². The molecule has 0 bridgehead atoms. The highest BCUT2D eigenvalue weighted by atomic mass is 32.2. The Balaban J connectivity index is 1.71. The fourth-order valence-corrected chi connectivity index (χ4v) is 6.30. The maximum atomic E-state index is 11.8. The van der Waals surface area contributed by atoms with E-state index in [0.29, 0.717) is 18.5 Å². The second-order valence-corrected chi connectivity index (χ2v) is 14.3. The van der Waals surface area contributed by atoms with Crippen LogP contribution in [0.3, 0.4) is 0 Å². The van der Waals surface area contributed by atoms with Gasteiger partial charge in [-0.25, -0.2) is 13.0 Å². The molecule has 0 aromatic heterocycles. The van der Waals surface area contributed by atoms with Gasteiger partial charge in [0.15, 0.2) is 0 Å². The molecule has 0 saturated carbocycles. The summed E-state index contributed by atoms with van der Waals surface area (Å²) in [5, 5.41) is 10.3. The number of carbonyl (C=O) groups is 1. The van der Waals surface area contributed by atoms with Gasteiger partial charge in [0, 0.05) is 46.8 Å². The molecule has 0 saturated heterocycles. The fourth-order valence-electron chi connectivity index (χ4n) is 5.80. The monoisotopic (exact) mass is 632 g/mol. The molecule has 1 aliphatic carbocycles. The SMILES string of the molecule is CC[N+](CC)=c1ccc2c(/C=C/C=C/C=C3/N(CCCC(=O)O)c4ccc(S(=O)(=O)[O-])cc4C3(C)C)cc(C(C)(C)C)oc-2c1. The number of hydrogen-bond acceptors (Lipinski definition) is 6. The van der Waals surface area contributed by atoms with Gasteiger partial charge in [-0.2, -0.15) is 0 Å². The first kappa shape index (κ1) is 33.9. The number of carboxylic acids is 1. The van der Waals surface area contributed by atoms with E-state index in [0.717, 1.165) is 52.5 Å². The Morgan fingerprint density at radius 2 is 1.76 bits per heavy atom. The van der Waals surface area contributed by atoms with Crippen molar-refractivity contribution >= 4 is 27.9 Å². The summed E-state index contributed by atoms with van der Waals surface area (Å²) < 4.78 is 44.0. The molecule has 45 heavy (non-hydrogen) atoms. The van der Waals surface area contributed by atoms with Crippen LogP contribution in [0, 0.1) is 0 Å². The molecule has 1 aromatic rings. The number of fused-ring (bicyclic) bond motifs is 2. The number of rotatable bonds is 10. The van der Waals surface area contributed by atoms with E-state index < -0.39 is 21.5 Å². The van der Waals surface area contributed by atoms with Crippen molar-refractivity contribution in [1.82, 2.24) is 4.58 Å². The van der Waals surface area contributed by atoms with Crippen LogP contribution < -0.4 is 14.8 Å². The quantitative estimate of drug-likeness (QED) is 0.154. The minimum absolute atomic E-state index is 0.00935. The van der Waals surface area contributed by atoms with E-state index in [2.05, 4.69) is 69.5 Å². The van der Waals surface area contributed by atoms with Gasteiger partial charge in [0.1, 0.15) is 34.7 Å². The van der Waals surface area contributed by atoms with Crippen molar-refractivity contribution in [2.45, 2.75) is 77.0 Å². The highest BCUT2D eigenvalue weighted by molar-refractivity contribution is 7.85. The van der Waals surface area contributed by atoms with Crippen LogP contribution in [-0.4, -0.2) is 43.7 Å². The van der Waals surface area contributed by atoms with Crippen LogP contribution in [0.15, 0.2) is 81.8 Å².